The summed E-state index contributed by atoms with van der Waals surface area (Å²) < 4.78 is 0. The van der Waals surface area contributed by atoms with E-state index in [2.05, 4.69) is 10.6 Å². The van der Waals surface area contributed by atoms with Gasteiger partial charge in [0, 0.05) is 6.54 Å². The summed E-state index contributed by atoms with van der Waals surface area (Å²) in [6.07, 6.45) is 0. The van der Waals surface area contributed by atoms with Gasteiger partial charge in [-0.2, -0.15) is 0 Å². The fourth-order valence-electron chi connectivity index (χ4n) is 0.692. The predicted molar refractivity (Wildman–Crippen MR) is 48.5 cm³/mol. The Labute approximate surface area is 81.7 Å². The molecule has 3 N–H and O–H groups in total. The molecule has 0 radical (unpaired) electrons. The van der Waals surface area contributed by atoms with Crippen LogP contribution in [0.1, 0.15) is 13.8 Å². The number of nitrogens with one attached hydrogen (secondary N) is 2. The normalized spacial score (nSPS) is 11.6. The van der Waals surface area contributed by atoms with Crippen molar-refractivity contribution in [3.63, 3.8) is 0 Å². The first-order valence-electron chi connectivity index (χ1n) is 4.26. The molecule has 0 spiro atoms. The van der Waals surface area contributed by atoms with Crippen LogP contribution in [-0.2, 0) is 14.4 Å². The van der Waals surface area contributed by atoms with Gasteiger partial charge in [-0.25, -0.2) is 0 Å². The van der Waals surface area contributed by atoms with E-state index in [9.17, 15) is 14.4 Å². The molecule has 0 aromatic heterocycles. The Morgan fingerprint density at radius 3 is 2.29 bits per heavy atom. The van der Waals surface area contributed by atoms with Gasteiger partial charge in [-0.1, -0.05) is 0 Å². The minimum atomic E-state index is -1.21. The van der Waals surface area contributed by atoms with Gasteiger partial charge in [-0.3, -0.25) is 14.4 Å². The Bertz CT molecular complexity index is 239. The second-order valence-corrected chi connectivity index (χ2v) is 2.73. The van der Waals surface area contributed by atoms with E-state index < -0.39 is 17.8 Å². The second kappa shape index (κ2) is 5.95. The van der Waals surface area contributed by atoms with Gasteiger partial charge in [0.05, 0.1) is 6.54 Å². The quantitative estimate of drug-likeness (QED) is 0.496. The van der Waals surface area contributed by atoms with Crippen molar-refractivity contribution in [1.82, 2.24) is 10.6 Å². The van der Waals surface area contributed by atoms with Crippen LogP contribution >= 0.6 is 0 Å². The topological polar surface area (TPSA) is 95.5 Å². The summed E-state index contributed by atoms with van der Waals surface area (Å²) in [5.74, 6) is -3.34. The summed E-state index contributed by atoms with van der Waals surface area (Å²) in [4.78, 5) is 32.2. The van der Waals surface area contributed by atoms with E-state index in [-0.39, 0.29) is 12.5 Å². The maximum Gasteiger partial charge on any atom is 0.315 e. The summed E-state index contributed by atoms with van der Waals surface area (Å²) in [7, 11) is 0. The first kappa shape index (κ1) is 12.4. The van der Waals surface area contributed by atoms with Crippen molar-refractivity contribution in [3.8, 4) is 0 Å². The zero-order valence-electron chi connectivity index (χ0n) is 8.16. The molecule has 80 valence electrons. The van der Waals surface area contributed by atoms with Gasteiger partial charge >= 0.3 is 5.97 Å². The Morgan fingerprint density at radius 1 is 1.29 bits per heavy atom. The highest BCUT2D eigenvalue weighted by molar-refractivity contribution is 5.97. The van der Waals surface area contributed by atoms with Gasteiger partial charge in [0.15, 0.2) is 0 Å². The standard InChI is InChI=1S/C8H14N2O4/c1-3-9-6(11)4-10-7(12)5(2)8(13)14/h5H,3-4H2,1-2H3,(H,9,11)(H,10,12)(H,13,14). The van der Waals surface area contributed by atoms with E-state index in [1.54, 1.807) is 6.92 Å². The van der Waals surface area contributed by atoms with E-state index in [0.29, 0.717) is 6.54 Å². The third-order valence-corrected chi connectivity index (χ3v) is 1.56. The fraction of sp³-hybridized carbons (Fsp3) is 0.625. The summed E-state index contributed by atoms with van der Waals surface area (Å²) in [6.45, 7) is 3.29. The summed E-state index contributed by atoms with van der Waals surface area (Å²) in [6, 6.07) is 0. The number of carbonyl (C=O) groups excluding carboxylic acids is 2. The average Bonchev–Trinajstić information content (AvgIpc) is 2.13. The van der Waals surface area contributed by atoms with Crippen molar-refractivity contribution in [2.45, 2.75) is 13.8 Å². The maximum absolute atomic E-state index is 11.0. The lowest BCUT2D eigenvalue weighted by molar-refractivity contribution is -0.146. The molecule has 14 heavy (non-hydrogen) atoms. The monoisotopic (exact) mass is 202 g/mol. The highest BCUT2D eigenvalue weighted by Gasteiger charge is 2.20. The average molecular weight is 202 g/mol. The third kappa shape index (κ3) is 4.44. The molecular formula is C8H14N2O4. The molecule has 1 atom stereocenters. The Kier molecular flexibility index (Phi) is 5.28. The smallest absolute Gasteiger partial charge is 0.315 e. The van der Waals surface area contributed by atoms with Crippen LogP contribution in [-0.4, -0.2) is 36.0 Å². The van der Waals surface area contributed by atoms with Crippen LogP contribution in [0.15, 0.2) is 0 Å². The first-order valence-corrected chi connectivity index (χ1v) is 4.26. The van der Waals surface area contributed by atoms with Gasteiger partial charge in [0.2, 0.25) is 11.8 Å². The molecule has 6 nitrogen and oxygen atoms in total. The lowest BCUT2D eigenvalue weighted by Crippen LogP contribution is -2.40. The zero-order chi connectivity index (χ0) is 11.1. The highest BCUT2D eigenvalue weighted by Crippen LogP contribution is 1.93. The Hall–Kier alpha value is -1.59. The van der Waals surface area contributed by atoms with Crippen LogP contribution in [0.4, 0.5) is 0 Å². The number of amides is 2. The van der Waals surface area contributed by atoms with Gasteiger partial charge in [0.25, 0.3) is 0 Å². The van der Waals surface area contributed by atoms with Gasteiger partial charge < -0.3 is 15.7 Å². The molecule has 0 bridgehead atoms. The molecule has 0 aliphatic carbocycles. The van der Waals surface area contributed by atoms with Crippen molar-refractivity contribution in [1.29, 1.82) is 0 Å². The number of hydrogen-bond donors (Lipinski definition) is 3. The molecule has 1 unspecified atom stereocenters. The van der Waals surface area contributed by atoms with Crippen LogP contribution in [0, 0.1) is 5.92 Å². The maximum atomic E-state index is 11.0. The molecule has 0 aliphatic rings. The first-order chi connectivity index (χ1) is 6.49. The fourth-order valence-corrected chi connectivity index (χ4v) is 0.692. The number of carboxylic acids is 1. The van der Waals surface area contributed by atoms with Crippen molar-refractivity contribution in [3.05, 3.63) is 0 Å². The van der Waals surface area contributed by atoms with Crippen LogP contribution in [0.2, 0.25) is 0 Å². The molecule has 0 aromatic carbocycles. The molecule has 0 aliphatic heterocycles. The number of aliphatic carboxylic acids is 1. The number of rotatable bonds is 5. The van der Waals surface area contributed by atoms with Gasteiger partial charge in [-0.15, -0.1) is 0 Å². The molecule has 0 fully saturated rings. The van der Waals surface area contributed by atoms with Crippen LogP contribution < -0.4 is 10.6 Å². The van der Waals surface area contributed by atoms with E-state index in [0.717, 1.165) is 0 Å². The number of hydrogen-bond acceptors (Lipinski definition) is 3. The predicted octanol–water partition coefficient (Wildman–Crippen LogP) is -1.04. The number of carbonyl (C=O) groups is 3. The van der Waals surface area contributed by atoms with Gasteiger partial charge in [-0.05, 0) is 13.8 Å². The van der Waals surface area contributed by atoms with Crippen LogP contribution in [0.3, 0.4) is 0 Å². The lowest BCUT2D eigenvalue weighted by Gasteiger charge is -2.07. The van der Waals surface area contributed by atoms with E-state index >= 15 is 0 Å². The van der Waals surface area contributed by atoms with Crippen molar-refractivity contribution in [2.24, 2.45) is 5.92 Å². The Balaban J connectivity index is 3.85. The molecule has 0 aromatic rings. The molecule has 6 heteroatoms. The highest BCUT2D eigenvalue weighted by atomic mass is 16.4. The minimum Gasteiger partial charge on any atom is -0.481 e. The largest absolute Gasteiger partial charge is 0.481 e. The molecule has 0 heterocycles. The van der Waals surface area contributed by atoms with E-state index in [1.165, 1.54) is 6.92 Å². The SMILES string of the molecule is CCNC(=O)CNC(=O)C(C)C(=O)O. The van der Waals surface area contributed by atoms with Crippen molar-refractivity contribution in [2.75, 3.05) is 13.1 Å². The summed E-state index contributed by atoms with van der Waals surface area (Å²) in [5, 5.41) is 13.1. The molecule has 0 rings (SSSR count). The number of likely N-dealkylation sites (N-methyl/N-ethyl adjacent to an activating group) is 1. The molecule has 2 amide bonds. The summed E-state index contributed by atoms with van der Waals surface area (Å²) >= 11 is 0. The molecule has 0 saturated heterocycles. The second-order valence-electron chi connectivity index (χ2n) is 2.73. The van der Waals surface area contributed by atoms with Gasteiger partial charge in [0.1, 0.15) is 5.92 Å². The molecular weight excluding hydrogens is 188 g/mol. The third-order valence-electron chi connectivity index (χ3n) is 1.56. The lowest BCUT2D eigenvalue weighted by atomic mass is 10.2. The van der Waals surface area contributed by atoms with E-state index in [1.807, 2.05) is 0 Å². The van der Waals surface area contributed by atoms with Crippen LogP contribution in [0.25, 0.3) is 0 Å². The number of carboxylic acid groups (broad SMARTS) is 1. The zero-order valence-corrected chi connectivity index (χ0v) is 8.16. The summed E-state index contributed by atoms with van der Waals surface area (Å²) in [5.41, 5.74) is 0. The van der Waals surface area contributed by atoms with Crippen molar-refractivity contribution >= 4 is 17.8 Å². The molecule has 0 saturated carbocycles. The Morgan fingerprint density at radius 2 is 1.86 bits per heavy atom. The van der Waals surface area contributed by atoms with Crippen LogP contribution in [0.5, 0.6) is 0 Å². The van der Waals surface area contributed by atoms with E-state index in [4.69, 9.17) is 5.11 Å². The van der Waals surface area contributed by atoms with Crippen molar-refractivity contribution < 1.29 is 19.5 Å². The minimum absolute atomic E-state index is 0.190.